The molecule has 5 nitrogen and oxygen atoms in total. The van der Waals surface area contributed by atoms with E-state index in [0.717, 1.165) is 25.2 Å². The van der Waals surface area contributed by atoms with Gasteiger partial charge in [0.1, 0.15) is 5.82 Å². The van der Waals surface area contributed by atoms with Gasteiger partial charge in [-0.2, -0.15) is 0 Å². The summed E-state index contributed by atoms with van der Waals surface area (Å²) in [5.74, 6) is 6.69. The van der Waals surface area contributed by atoms with Crippen molar-refractivity contribution in [2.45, 2.75) is 33.1 Å². The average Bonchev–Trinajstić information content (AvgIpc) is 3.20. The third kappa shape index (κ3) is 3.67. The van der Waals surface area contributed by atoms with E-state index in [0.29, 0.717) is 17.3 Å². The number of hydrogen-bond donors (Lipinski definition) is 2. The summed E-state index contributed by atoms with van der Waals surface area (Å²) in [6.07, 6.45) is 3.47. The molecule has 5 heteroatoms. The molecule has 0 spiro atoms. The van der Waals surface area contributed by atoms with Crippen molar-refractivity contribution in [2.75, 3.05) is 18.5 Å². The molecule has 1 fully saturated rings. The summed E-state index contributed by atoms with van der Waals surface area (Å²) < 4.78 is 0. The largest absolute Gasteiger partial charge is 0.338 e. The van der Waals surface area contributed by atoms with Gasteiger partial charge in [-0.05, 0) is 44.2 Å². The number of pyridine rings is 1. The molecule has 0 aromatic carbocycles. The molecule has 0 unspecified atom stereocenters. The van der Waals surface area contributed by atoms with Crippen LogP contribution in [0.15, 0.2) is 12.1 Å². The van der Waals surface area contributed by atoms with Crippen LogP contribution in [-0.4, -0.2) is 28.9 Å². The third-order valence-electron chi connectivity index (χ3n) is 3.30. The lowest BCUT2D eigenvalue weighted by Crippen LogP contribution is -2.33. The fourth-order valence-electron chi connectivity index (χ4n) is 2.21. The molecular weight excluding hydrogens is 240 g/mol. The molecule has 0 aliphatic heterocycles. The van der Waals surface area contributed by atoms with Crippen LogP contribution in [0, 0.1) is 12.8 Å². The van der Waals surface area contributed by atoms with E-state index < -0.39 is 0 Å². The molecule has 2 rings (SSSR count). The van der Waals surface area contributed by atoms with Gasteiger partial charge in [-0.15, -0.1) is 0 Å². The van der Waals surface area contributed by atoms with Crippen molar-refractivity contribution in [2.24, 2.45) is 11.8 Å². The number of aromatic nitrogens is 1. The molecule has 1 saturated carbocycles. The SMILES string of the molecule is CCCN(CC1CC1)C(=O)c1cc(C)nc(NN)c1. The highest BCUT2D eigenvalue weighted by atomic mass is 16.2. The van der Waals surface area contributed by atoms with Gasteiger partial charge in [-0.1, -0.05) is 6.92 Å². The molecule has 0 saturated heterocycles. The van der Waals surface area contributed by atoms with E-state index in [1.807, 2.05) is 17.9 Å². The van der Waals surface area contributed by atoms with Crippen LogP contribution in [0.1, 0.15) is 42.2 Å². The molecular formula is C14H22N4O. The van der Waals surface area contributed by atoms with E-state index in [9.17, 15) is 4.79 Å². The Kier molecular flexibility index (Phi) is 4.37. The lowest BCUT2D eigenvalue weighted by molar-refractivity contribution is 0.0747. The Labute approximate surface area is 114 Å². The Hall–Kier alpha value is -1.62. The molecule has 3 N–H and O–H groups in total. The highest BCUT2D eigenvalue weighted by Gasteiger charge is 2.27. The smallest absolute Gasteiger partial charge is 0.254 e. The fourth-order valence-corrected chi connectivity index (χ4v) is 2.21. The Bertz CT molecular complexity index is 457. The number of nitrogens with two attached hydrogens (primary N) is 1. The molecule has 0 atom stereocenters. The second-order valence-electron chi connectivity index (χ2n) is 5.22. The van der Waals surface area contributed by atoms with Crippen molar-refractivity contribution in [3.05, 3.63) is 23.4 Å². The van der Waals surface area contributed by atoms with Crippen molar-refractivity contribution in [3.8, 4) is 0 Å². The molecule has 0 bridgehead atoms. The topological polar surface area (TPSA) is 71.2 Å². The van der Waals surface area contributed by atoms with Crippen molar-refractivity contribution >= 4 is 11.7 Å². The summed E-state index contributed by atoms with van der Waals surface area (Å²) in [6, 6.07) is 3.53. The number of amides is 1. The summed E-state index contributed by atoms with van der Waals surface area (Å²) in [5, 5.41) is 0. The quantitative estimate of drug-likeness (QED) is 0.607. The maximum absolute atomic E-state index is 12.5. The van der Waals surface area contributed by atoms with Crippen molar-refractivity contribution in [1.82, 2.24) is 9.88 Å². The van der Waals surface area contributed by atoms with Crippen LogP contribution in [0.2, 0.25) is 0 Å². The van der Waals surface area contributed by atoms with E-state index in [4.69, 9.17) is 5.84 Å². The standard InChI is InChI=1S/C14H22N4O/c1-3-6-18(9-11-4-5-11)14(19)12-7-10(2)16-13(8-12)17-15/h7-8,11H,3-6,9,15H2,1-2H3,(H,16,17). The highest BCUT2D eigenvalue weighted by molar-refractivity contribution is 5.95. The lowest BCUT2D eigenvalue weighted by atomic mass is 10.2. The maximum Gasteiger partial charge on any atom is 0.254 e. The molecule has 1 aliphatic carbocycles. The molecule has 1 aromatic heterocycles. The van der Waals surface area contributed by atoms with Crippen LogP contribution < -0.4 is 11.3 Å². The van der Waals surface area contributed by atoms with Crippen molar-refractivity contribution in [3.63, 3.8) is 0 Å². The van der Waals surface area contributed by atoms with Gasteiger partial charge in [-0.3, -0.25) is 4.79 Å². The fraction of sp³-hybridized carbons (Fsp3) is 0.571. The number of nitrogens with zero attached hydrogens (tertiary/aromatic N) is 2. The van der Waals surface area contributed by atoms with Gasteiger partial charge in [0.15, 0.2) is 0 Å². The van der Waals surface area contributed by atoms with Crippen LogP contribution >= 0.6 is 0 Å². The summed E-state index contributed by atoms with van der Waals surface area (Å²) in [5.41, 5.74) is 3.96. The van der Waals surface area contributed by atoms with E-state index >= 15 is 0 Å². The molecule has 104 valence electrons. The zero-order chi connectivity index (χ0) is 13.8. The van der Waals surface area contributed by atoms with Crippen molar-refractivity contribution in [1.29, 1.82) is 0 Å². The van der Waals surface area contributed by atoms with Gasteiger partial charge >= 0.3 is 0 Å². The van der Waals surface area contributed by atoms with Gasteiger partial charge in [0.05, 0.1) is 0 Å². The first kappa shape index (κ1) is 13.8. The van der Waals surface area contributed by atoms with Crippen LogP contribution in [0.25, 0.3) is 0 Å². The predicted molar refractivity (Wildman–Crippen MR) is 75.7 cm³/mol. The van der Waals surface area contributed by atoms with Gasteiger partial charge in [0, 0.05) is 24.3 Å². The summed E-state index contributed by atoms with van der Waals surface area (Å²) in [7, 11) is 0. The highest BCUT2D eigenvalue weighted by Crippen LogP contribution is 2.30. The minimum absolute atomic E-state index is 0.0794. The molecule has 1 aromatic rings. The minimum atomic E-state index is 0.0794. The molecule has 19 heavy (non-hydrogen) atoms. The van der Waals surface area contributed by atoms with Crippen LogP contribution in [0.4, 0.5) is 5.82 Å². The molecule has 0 radical (unpaired) electrons. The first-order valence-corrected chi connectivity index (χ1v) is 6.88. The van der Waals surface area contributed by atoms with Gasteiger partial charge in [0.25, 0.3) is 5.91 Å². The lowest BCUT2D eigenvalue weighted by Gasteiger charge is -2.22. The normalized spacial score (nSPS) is 14.3. The Morgan fingerprint density at radius 2 is 2.26 bits per heavy atom. The number of nitrogens with one attached hydrogen (secondary N) is 1. The van der Waals surface area contributed by atoms with E-state index in [-0.39, 0.29) is 5.91 Å². The van der Waals surface area contributed by atoms with Gasteiger partial charge in [-0.25, -0.2) is 10.8 Å². The van der Waals surface area contributed by atoms with Crippen LogP contribution in [-0.2, 0) is 0 Å². The van der Waals surface area contributed by atoms with Crippen molar-refractivity contribution < 1.29 is 4.79 Å². The zero-order valence-electron chi connectivity index (χ0n) is 11.6. The third-order valence-corrected chi connectivity index (χ3v) is 3.30. The minimum Gasteiger partial charge on any atom is -0.338 e. The number of nitrogen functional groups attached to an aromatic ring is 1. The second-order valence-corrected chi connectivity index (χ2v) is 5.22. The number of anilines is 1. The Balaban J connectivity index is 2.16. The van der Waals surface area contributed by atoms with Gasteiger partial charge < -0.3 is 10.3 Å². The van der Waals surface area contributed by atoms with Crippen LogP contribution in [0.5, 0.6) is 0 Å². The first-order chi connectivity index (χ1) is 9.13. The number of hydrogen-bond acceptors (Lipinski definition) is 4. The second kappa shape index (κ2) is 6.02. The molecule has 1 heterocycles. The first-order valence-electron chi connectivity index (χ1n) is 6.88. The predicted octanol–water partition coefficient (Wildman–Crippen LogP) is 1.94. The summed E-state index contributed by atoms with van der Waals surface area (Å²) >= 11 is 0. The number of carbonyl (C=O) groups excluding carboxylic acids is 1. The number of hydrazine groups is 1. The maximum atomic E-state index is 12.5. The zero-order valence-corrected chi connectivity index (χ0v) is 11.6. The van der Waals surface area contributed by atoms with E-state index in [2.05, 4.69) is 17.3 Å². The van der Waals surface area contributed by atoms with E-state index in [1.165, 1.54) is 12.8 Å². The number of aryl methyl sites for hydroxylation is 1. The van der Waals surface area contributed by atoms with Crippen LogP contribution in [0.3, 0.4) is 0 Å². The summed E-state index contributed by atoms with van der Waals surface area (Å²) in [4.78, 5) is 18.7. The average molecular weight is 262 g/mol. The van der Waals surface area contributed by atoms with E-state index in [1.54, 1.807) is 6.07 Å². The summed E-state index contributed by atoms with van der Waals surface area (Å²) in [6.45, 7) is 5.64. The Morgan fingerprint density at radius 1 is 1.53 bits per heavy atom. The Morgan fingerprint density at radius 3 is 2.84 bits per heavy atom. The monoisotopic (exact) mass is 262 g/mol. The van der Waals surface area contributed by atoms with Gasteiger partial charge in [0.2, 0.25) is 0 Å². The molecule has 1 amide bonds. The number of rotatable bonds is 6. The molecule has 1 aliphatic rings. The number of carbonyl (C=O) groups is 1.